The molecular formula is C52H34N8. The van der Waals surface area contributed by atoms with Gasteiger partial charge in [0, 0.05) is 43.8 Å². The number of rotatable bonds is 0. The Morgan fingerprint density at radius 3 is 1.05 bits per heavy atom. The van der Waals surface area contributed by atoms with Crippen LogP contribution >= 0.6 is 0 Å². The number of hydrogen-bond donors (Lipinski definition) is 2. The van der Waals surface area contributed by atoms with Gasteiger partial charge in [0.2, 0.25) is 0 Å². The van der Waals surface area contributed by atoms with Crippen LogP contribution in [0.15, 0.2) is 121 Å². The van der Waals surface area contributed by atoms with Crippen molar-refractivity contribution in [3.05, 3.63) is 144 Å². The van der Waals surface area contributed by atoms with Crippen molar-refractivity contribution in [3.63, 3.8) is 0 Å². The van der Waals surface area contributed by atoms with Gasteiger partial charge >= 0.3 is 0 Å². The van der Waals surface area contributed by atoms with Crippen LogP contribution in [0.2, 0.25) is 0 Å². The van der Waals surface area contributed by atoms with E-state index >= 15 is 0 Å². The molecule has 8 aromatic carbocycles. The normalized spacial score (nSPS) is 12.3. The molecule has 0 saturated heterocycles. The fraction of sp³-hybridized carbons (Fsp3) is 0.0769. The van der Waals surface area contributed by atoms with Crippen LogP contribution in [0.4, 0.5) is 0 Å². The first-order valence-corrected chi connectivity index (χ1v) is 20.3. The van der Waals surface area contributed by atoms with E-state index in [4.69, 9.17) is 29.9 Å². The Morgan fingerprint density at radius 2 is 0.633 bits per heavy atom. The topological polar surface area (TPSA) is 109 Å². The second-order valence-corrected chi connectivity index (χ2v) is 16.5. The first-order valence-electron chi connectivity index (χ1n) is 20.3. The summed E-state index contributed by atoms with van der Waals surface area (Å²) in [6.07, 6.45) is 0. The maximum absolute atomic E-state index is 5.44. The maximum Gasteiger partial charge on any atom is 0.165 e. The quantitative estimate of drug-likeness (QED) is 0.159. The van der Waals surface area contributed by atoms with Crippen molar-refractivity contribution in [1.29, 1.82) is 0 Å². The van der Waals surface area contributed by atoms with E-state index < -0.39 is 0 Å². The number of aromatic nitrogens is 8. The predicted octanol–water partition coefficient (Wildman–Crippen LogP) is 12.7. The molecule has 2 aliphatic rings. The van der Waals surface area contributed by atoms with Crippen molar-refractivity contribution in [2.75, 3.05) is 0 Å². The minimum atomic E-state index is 0.584. The first-order chi connectivity index (χ1) is 29.3. The maximum atomic E-state index is 5.44. The van der Waals surface area contributed by atoms with Crippen LogP contribution in [-0.2, 0) is 0 Å². The Bertz CT molecular complexity index is 3690. The molecule has 2 N–H and O–H groups in total. The molecule has 0 amide bonds. The molecule has 8 bridgehead atoms. The second-order valence-electron chi connectivity index (χ2n) is 16.5. The highest BCUT2D eigenvalue weighted by Gasteiger charge is 2.26. The first kappa shape index (κ1) is 33.2. The third kappa shape index (κ3) is 4.73. The van der Waals surface area contributed by atoms with Crippen molar-refractivity contribution < 1.29 is 0 Å². The molecule has 0 saturated carbocycles. The number of H-pyrrole nitrogens is 2. The molecule has 11 aromatic rings. The van der Waals surface area contributed by atoms with Crippen molar-refractivity contribution in [2.45, 2.75) is 27.7 Å². The number of fused-ring (bicyclic) bond motifs is 28. The van der Waals surface area contributed by atoms with Crippen LogP contribution in [0, 0.1) is 27.7 Å². The van der Waals surface area contributed by atoms with E-state index in [9.17, 15) is 0 Å². The predicted molar refractivity (Wildman–Crippen MR) is 245 cm³/mol. The lowest BCUT2D eigenvalue weighted by atomic mass is 9.98. The molecule has 0 fully saturated rings. The molecule has 60 heavy (non-hydrogen) atoms. The molecule has 0 atom stereocenters. The van der Waals surface area contributed by atoms with Crippen LogP contribution in [0.1, 0.15) is 22.3 Å². The van der Waals surface area contributed by atoms with Gasteiger partial charge in [0.1, 0.15) is 22.6 Å². The van der Waals surface area contributed by atoms with Gasteiger partial charge in [-0.1, -0.05) is 119 Å². The zero-order valence-corrected chi connectivity index (χ0v) is 33.2. The van der Waals surface area contributed by atoms with E-state index in [0.29, 0.717) is 45.9 Å². The molecule has 282 valence electrons. The molecular weight excluding hydrogens is 737 g/mol. The average Bonchev–Trinajstić information content (AvgIpc) is 3.99. The van der Waals surface area contributed by atoms with E-state index in [0.717, 1.165) is 109 Å². The lowest BCUT2D eigenvalue weighted by Gasteiger charge is -2.06. The second kappa shape index (κ2) is 11.9. The van der Waals surface area contributed by atoms with Gasteiger partial charge in [0.15, 0.2) is 23.3 Å². The van der Waals surface area contributed by atoms with Crippen molar-refractivity contribution in [1.82, 2.24) is 39.9 Å². The van der Waals surface area contributed by atoms with Crippen LogP contribution in [0.25, 0.3) is 133 Å². The van der Waals surface area contributed by atoms with Gasteiger partial charge in [-0.3, -0.25) is 0 Å². The largest absolute Gasteiger partial charge is 0.324 e. The van der Waals surface area contributed by atoms with Gasteiger partial charge in [-0.2, -0.15) is 0 Å². The summed E-state index contributed by atoms with van der Waals surface area (Å²) in [4.78, 5) is 39.7. The standard InChI is InChI=1S/C52H34N8/c1-25-5-9-29-13-17-33-41(37(29)21-25)49-53-45(33)58-50-43-35(19-15-31-11-7-27(3)23-39(31)43)47(55-50)60-52-44-36(20-16-32-12-8-28(4)24-40(32)44)48(56-52)59-51-42-34(46(54-51)57-49)18-14-30-10-6-26(2)22-38(30)42/h5-24H,1-4H3,(H2,53,54,55,56,57,58,59,60). The Kier molecular flexibility index (Phi) is 6.56. The minimum absolute atomic E-state index is 0.584. The van der Waals surface area contributed by atoms with Crippen molar-refractivity contribution in [2.24, 2.45) is 0 Å². The SMILES string of the molecule is Cc1ccc2ccc3c(c2c1)-c1nc-3nc2[nH]c(nc3nc(nc4[nH]c(n1)c1ccc5ccc(C)cc5c41)-c1ccc4ccc(C)cc4c1-3)c1ccc3ccc(C)cc3c21. The van der Waals surface area contributed by atoms with Gasteiger partial charge < -0.3 is 9.97 Å². The summed E-state index contributed by atoms with van der Waals surface area (Å²) in [5, 5.41) is 12.7. The number of aromatic amines is 2. The lowest BCUT2D eigenvalue weighted by Crippen LogP contribution is -1.86. The smallest absolute Gasteiger partial charge is 0.165 e. The molecule has 0 radical (unpaired) electrons. The zero-order valence-electron chi connectivity index (χ0n) is 33.2. The summed E-state index contributed by atoms with van der Waals surface area (Å²) in [5.74, 6) is 2.35. The molecule has 0 unspecified atom stereocenters. The van der Waals surface area contributed by atoms with Crippen LogP contribution in [-0.4, -0.2) is 39.9 Å². The number of hydrogen-bond acceptors (Lipinski definition) is 6. The number of nitrogens with zero attached hydrogens (tertiary/aromatic N) is 6. The van der Waals surface area contributed by atoms with Crippen molar-refractivity contribution in [3.8, 4) is 45.6 Å². The Morgan fingerprint density at radius 1 is 0.300 bits per heavy atom. The molecule has 3 aromatic heterocycles. The highest BCUT2D eigenvalue weighted by Crippen LogP contribution is 2.43. The number of benzene rings is 8. The van der Waals surface area contributed by atoms with Gasteiger partial charge in [0.05, 0.1) is 0 Å². The Labute approximate surface area is 342 Å². The van der Waals surface area contributed by atoms with Crippen LogP contribution < -0.4 is 0 Å². The summed E-state index contributed by atoms with van der Waals surface area (Å²) in [6.45, 7) is 8.49. The Balaban J connectivity index is 1.27. The molecule has 0 spiro atoms. The summed E-state index contributed by atoms with van der Waals surface area (Å²) >= 11 is 0. The molecule has 5 heterocycles. The fourth-order valence-corrected chi connectivity index (χ4v) is 9.51. The number of nitrogens with one attached hydrogen (secondary N) is 2. The van der Waals surface area contributed by atoms with Crippen LogP contribution in [0.3, 0.4) is 0 Å². The van der Waals surface area contributed by atoms with Gasteiger partial charge in [0.25, 0.3) is 0 Å². The molecule has 0 aliphatic carbocycles. The van der Waals surface area contributed by atoms with Gasteiger partial charge in [-0.05, 0) is 95.1 Å². The van der Waals surface area contributed by atoms with Crippen LogP contribution in [0.5, 0.6) is 0 Å². The third-order valence-corrected chi connectivity index (χ3v) is 12.4. The van der Waals surface area contributed by atoms with Gasteiger partial charge in [-0.15, -0.1) is 0 Å². The van der Waals surface area contributed by atoms with E-state index in [1.807, 2.05) is 0 Å². The van der Waals surface area contributed by atoms with E-state index in [2.05, 4.69) is 159 Å². The molecule has 13 rings (SSSR count). The average molecular weight is 771 g/mol. The third-order valence-electron chi connectivity index (χ3n) is 12.4. The van der Waals surface area contributed by atoms with Gasteiger partial charge in [-0.25, -0.2) is 29.9 Å². The molecule has 8 heteroatoms. The highest BCUT2D eigenvalue weighted by molar-refractivity contribution is 6.21. The van der Waals surface area contributed by atoms with E-state index in [-0.39, 0.29) is 0 Å². The summed E-state index contributed by atoms with van der Waals surface area (Å²) in [6, 6.07) is 43.3. The van der Waals surface area contributed by atoms with E-state index in [1.165, 1.54) is 0 Å². The fourth-order valence-electron chi connectivity index (χ4n) is 9.51. The van der Waals surface area contributed by atoms with Crippen molar-refractivity contribution >= 4 is 87.2 Å². The Hall–Kier alpha value is -7.84. The summed E-state index contributed by atoms with van der Waals surface area (Å²) in [5.41, 5.74) is 11.1. The minimum Gasteiger partial charge on any atom is -0.324 e. The monoisotopic (exact) mass is 770 g/mol. The lowest BCUT2D eigenvalue weighted by molar-refractivity contribution is 1.19. The summed E-state index contributed by atoms with van der Waals surface area (Å²) < 4.78 is 0. The molecule has 2 aliphatic heterocycles. The number of aryl methyl sites for hydroxylation is 4. The molecule has 8 nitrogen and oxygen atoms in total. The zero-order chi connectivity index (χ0) is 40.0. The highest BCUT2D eigenvalue weighted by atomic mass is 15.1. The summed E-state index contributed by atoms with van der Waals surface area (Å²) in [7, 11) is 0. The van der Waals surface area contributed by atoms with E-state index in [1.54, 1.807) is 0 Å².